The molecule has 0 atom stereocenters. The molecule has 3 rings (SSSR count). The van der Waals surface area contributed by atoms with Crippen LogP contribution in [0, 0.1) is 6.92 Å². The van der Waals surface area contributed by atoms with Gasteiger partial charge in [0.1, 0.15) is 5.75 Å². The standard InChI is InChI=1S/C22H25NO6/c1-14-9-5-6-10-16(14)29-12-8-7-11-23-15-13-17(26-2)20(27-3)21(28-4)18(15)19(24)22(23)25/h5-6,9-10,13H,7-8,11-12H2,1-4H3. The lowest BCUT2D eigenvalue weighted by Gasteiger charge is -2.19. The molecule has 0 radical (unpaired) electrons. The van der Waals surface area contributed by atoms with Crippen LogP contribution in [0.2, 0.25) is 0 Å². The number of unbranched alkanes of at least 4 members (excludes halogenated alkanes) is 1. The van der Waals surface area contributed by atoms with Crippen LogP contribution in [0.4, 0.5) is 5.69 Å². The minimum atomic E-state index is -0.603. The number of anilines is 1. The largest absolute Gasteiger partial charge is 0.493 e. The molecular formula is C22H25NO6. The molecule has 0 N–H and O–H groups in total. The Balaban J connectivity index is 1.71. The number of ether oxygens (including phenoxy) is 4. The van der Waals surface area contributed by atoms with Crippen LogP contribution < -0.4 is 23.8 Å². The van der Waals surface area contributed by atoms with Gasteiger partial charge in [-0.2, -0.15) is 0 Å². The van der Waals surface area contributed by atoms with Crippen molar-refractivity contribution in [1.82, 2.24) is 0 Å². The minimum Gasteiger partial charge on any atom is -0.493 e. The quantitative estimate of drug-likeness (QED) is 0.475. The van der Waals surface area contributed by atoms with Crippen molar-refractivity contribution in [1.29, 1.82) is 0 Å². The van der Waals surface area contributed by atoms with Crippen LogP contribution in [0.15, 0.2) is 30.3 Å². The van der Waals surface area contributed by atoms with Crippen LogP contribution in [-0.2, 0) is 4.79 Å². The molecule has 0 bridgehead atoms. The van der Waals surface area contributed by atoms with Gasteiger partial charge in [0.15, 0.2) is 11.5 Å². The van der Waals surface area contributed by atoms with Crippen molar-refractivity contribution in [2.45, 2.75) is 19.8 Å². The molecule has 29 heavy (non-hydrogen) atoms. The first-order chi connectivity index (χ1) is 14.0. The van der Waals surface area contributed by atoms with E-state index in [0.717, 1.165) is 17.7 Å². The number of amides is 1. The number of hydrogen-bond acceptors (Lipinski definition) is 6. The molecule has 0 unspecified atom stereocenters. The van der Waals surface area contributed by atoms with Gasteiger partial charge in [0.2, 0.25) is 5.75 Å². The van der Waals surface area contributed by atoms with Gasteiger partial charge in [0, 0.05) is 12.6 Å². The molecule has 7 nitrogen and oxygen atoms in total. The average molecular weight is 399 g/mol. The minimum absolute atomic E-state index is 0.214. The summed E-state index contributed by atoms with van der Waals surface area (Å²) >= 11 is 0. The molecule has 0 fully saturated rings. The van der Waals surface area contributed by atoms with E-state index in [4.69, 9.17) is 18.9 Å². The van der Waals surface area contributed by atoms with Gasteiger partial charge in [-0.15, -0.1) is 0 Å². The summed E-state index contributed by atoms with van der Waals surface area (Å²) in [6.07, 6.45) is 1.42. The van der Waals surface area contributed by atoms with Crippen LogP contribution in [0.3, 0.4) is 0 Å². The van der Waals surface area contributed by atoms with Crippen LogP contribution in [0.25, 0.3) is 0 Å². The second kappa shape index (κ2) is 8.86. The van der Waals surface area contributed by atoms with E-state index in [9.17, 15) is 9.59 Å². The first kappa shape index (κ1) is 20.5. The zero-order chi connectivity index (χ0) is 21.0. The summed E-state index contributed by atoms with van der Waals surface area (Å²) in [6.45, 7) is 2.92. The Morgan fingerprint density at radius 2 is 1.62 bits per heavy atom. The summed E-state index contributed by atoms with van der Waals surface area (Å²) in [5.74, 6) is 0.585. The van der Waals surface area contributed by atoms with E-state index >= 15 is 0 Å². The van der Waals surface area contributed by atoms with E-state index in [2.05, 4.69) is 0 Å². The number of benzene rings is 2. The van der Waals surface area contributed by atoms with E-state index in [1.807, 2.05) is 31.2 Å². The molecule has 1 heterocycles. The summed E-state index contributed by atoms with van der Waals surface area (Å²) in [6, 6.07) is 9.47. The number of para-hydroxylation sites is 1. The molecule has 2 aromatic rings. The molecule has 0 saturated carbocycles. The highest BCUT2D eigenvalue weighted by atomic mass is 16.5. The van der Waals surface area contributed by atoms with Crippen molar-refractivity contribution in [3.05, 3.63) is 41.5 Å². The lowest BCUT2D eigenvalue weighted by Crippen LogP contribution is -2.30. The van der Waals surface area contributed by atoms with E-state index < -0.39 is 11.7 Å². The number of methoxy groups -OCH3 is 3. The smallest absolute Gasteiger partial charge is 0.299 e. The molecule has 0 aliphatic carbocycles. The van der Waals surface area contributed by atoms with Gasteiger partial charge < -0.3 is 23.8 Å². The number of carbonyl (C=O) groups excluding carboxylic acids is 2. The molecule has 154 valence electrons. The summed E-state index contributed by atoms with van der Waals surface area (Å²) < 4.78 is 21.8. The van der Waals surface area contributed by atoms with Crippen molar-refractivity contribution in [3.8, 4) is 23.0 Å². The number of hydrogen-bond donors (Lipinski definition) is 0. The third-order valence-electron chi connectivity index (χ3n) is 4.89. The topological polar surface area (TPSA) is 74.3 Å². The molecule has 1 aliphatic heterocycles. The van der Waals surface area contributed by atoms with Crippen molar-refractivity contribution < 1.29 is 28.5 Å². The lowest BCUT2D eigenvalue weighted by atomic mass is 10.1. The number of aryl methyl sites for hydroxylation is 1. The Bertz CT molecular complexity index is 924. The molecule has 7 heteroatoms. The predicted molar refractivity (Wildman–Crippen MR) is 109 cm³/mol. The van der Waals surface area contributed by atoms with E-state index in [-0.39, 0.29) is 11.3 Å². The van der Waals surface area contributed by atoms with Crippen LogP contribution in [0.1, 0.15) is 28.8 Å². The molecular weight excluding hydrogens is 374 g/mol. The Morgan fingerprint density at radius 3 is 2.28 bits per heavy atom. The van der Waals surface area contributed by atoms with Gasteiger partial charge in [0.05, 0.1) is 39.2 Å². The predicted octanol–water partition coefficient (Wildman–Crippen LogP) is 3.41. The molecule has 0 aromatic heterocycles. The summed E-state index contributed by atoms with van der Waals surface area (Å²) in [5, 5.41) is 0. The van der Waals surface area contributed by atoms with Crippen LogP contribution in [-0.4, -0.2) is 46.2 Å². The van der Waals surface area contributed by atoms with E-state index in [0.29, 0.717) is 36.8 Å². The lowest BCUT2D eigenvalue weighted by molar-refractivity contribution is -0.114. The molecule has 0 saturated heterocycles. The Hall–Kier alpha value is -3.22. The first-order valence-electron chi connectivity index (χ1n) is 9.41. The molecule has 2 aromatic carbocycles. The number of carbonyl (C=O) groups is 2. The molecule has 0 spiro atoms. The highest BCUT2D eigenvalue weighted by molar-refractivity contribution is 6.53. The fourth-order valence-electron chi connectivity index (χ4n) is 3.41. The number of nitrogens with zero attached hydrogens (tertiary/aromatic N) is 1. The normalized spacial score (nSPS) is 12.8. The fraction of sp³-hybridized carbons (Fsp3) is 0.364. The number of rotatable bonds is 9. The number of Topliss-reactive ketones (excluding diaryl/α,β-unsaturated/α-hetero) is 1. The molecule has 1 amide bonds. The summed E-state index contributed by atoms with van der Waals surface area (Å²) in [4.78, 5) is 26.6. The third kappa shape index (κ3) is 3.85. The fourth-order valence-corrected chi connectivity index (χ4v) is 3.41. The Kier molecular flexibility index (Phi) is 6.26. The maximum atomic E-state index is 12.6. The molecule has 1 aliphatic rings. The van der Waals surface area contributed by atoms with Crippen molar-refractivity contribution in [3.63, 3.8) is 0 Å². The van der Waals surface area contributed by atoms with E-state index in [1.165, 1.54) is 26.2 Å². The number of ketones is 1. The van der Waals surface area contributed by atoms with Crippen molar-refractivity contribution >= 4 is 17.4 Å². The van der Waals surface area contributed by atoms with Crippen LogP contribution >= 0.6 is 0 Å². The van der Waals surface area contributed by atoms with Crippen molar-refractivity contribution in [2.75, 3.05) is 39.4 Å². The monoisotopic (exact) mass is 399 g/mol. The third-order valence-corrected chi connectivity index (χ3v) is 4.89. The van der Waals surface area contributed by atoms with Gasteiger partial charge in [-0.05, 0) is 31.4 Å². The summed E-state index contributed by atoms with van der Waals surface area (Å²) in [5.41, 5.74) is 1.77. The van der Waals surface area contributed by atoms with Crippen LogP contribution in [0.5, 0.6) is 23.0 Å². The van der Waals surface area contributed by atoms with Gasteiger partial charge in [0.25, 0.3) is 11.7 Å². The zero-order valence-corrected chi connectivity index (χ0v) is 17.1. The SMILES string of the molecule is COc1cc2c(c(OC)c1OC)C(=O)C(=O)N2CCCCOc1ccccc1C. The maximum Gasteiger partial charge on any atom is 0.299 e. The Labute approximate surface area is 170 Å². The Morgan fingerprint density at radius 1 is 0.897 bits per heavy atom. The second-order valence-corrected chi connectivity index (χ2v) is 6.65. The average Bonchev–Trinajstić information content (AvgIpc) is 2.97. The zero-order valence-electron chi connectivity index (χ0n) is 17.1. The van der Waals surface area contributed by atoms with Gasteiger partial charge >= 0.3 is 0 Å². The second-order valence-electron chi connectivity index (χ2n) is 6.65. The highest BCUT2D eigenvalue weighted by Crippen LogP contribution is 2.48. The highest BCUT2D eigenvalue weighted by Gasteiger charge is 2.40. The van der Waals surface area contributed by atoms with Crippen molar-refractivity contribution in [2.24, 2.45) is 0 Å². The maximum absolute atomic E-state index is 12.6. The van der Waals surface area contributed by atoms with Gasteiger partial charge in [-0.3, -0.25) is 9.59 Å². The summed E-state index contributed by atoms with van der Waals surface area (Å²) in [7, 11) is 4.39. The first-order valence-corrected chi connectivity index (χ1v) is 9.41. The van der Waals surface area contributed by atoms with E-state index in [1.54, 1.807) is 6.07 Å². The van der Waals surface area contributed by atoms with Gasteiger partial charge in [-0.1, -0.05) is 18.2 Å². The van der Waals surface area contributed by atoms with Gasteiger partial charge in [-0.25, -0.2) is 0 Å². The number of fused-ring (bicyclic) bond motifs is 1.